The molecular weight excluding hydrogens is 245 g/mol. The molecule has 0 unspecified atom stereocenters. The highest BCUT2D eigenvalue weighted by Crippen LogP contribution is 2.33. The van der Waals surface area contributed by atoms with Crippen LogP contribution in [0.15, 0.2) is 52.8 Å². The van der Waals surface area contributed by atoms with E-state index in [0.717, 1.165) is 0 Å². The molecule has 0 atom stereocenters. The van der Waals surface area contributed by atoms with E-state index in [4.69, 9.17) is 23.2 Å². The third-order valence-corrected chi connectivity index (χ3v) is 2.45. The molecule has 16 heavy (non-hydrogen) atoms. The number of hydrogen-bond acceptors (Lipinski definition) is 3. The van der Waals surface area contributed by atoms with Gasteiger partial charge in [-0.3, -0.25) is 0 Å². The van der Waals surface area contributed by atoms with Gasteiger partial charge in [-0.2, -0.15) is 0 Å². The molecule has 2 aromatic rings. The highest BCUT2D eigenvalue weighted by Gasteiger charge is 2.03. The number of benzene rings is 1. The molecule has 0 saturated heterocycles. The third-order valence-electron chi connectivity index (χ3n) is 1.84. The topological polar surface area (TPSA) is 37.6 Å². The van der Waals surface area contributed by atoms with Gasteiger partial charge in [-0.15, -0.1) is 10.2 Å². The third kappa shape index (κ3) is 2.56. The van der Waals surface area contributed by atoms with Gasteiger partial charge >= 0.3 is 0 Å². The summed E-state index contributed by atoms with van der Waals surface area (Å²) in [5.74, 6) is 0.512. The molecule has 80 valence electrons. The minimum Gasteiger partial charge on any atom is -0.236 e. The Balaban J connectivity index is 2.31. The zero-order chi connectivity index (χ0) is 11.4. The van der Waals surface area contributed by atoms with Crippen molar-refractivity contribution in [2.75, 3.05) is 0 Å². The van der Waals surface area contributed by atoms with Gasteiger partial charge in [0.2, 0.25) is 0 Å². The van der Waals surface area contributed by atoms with Crippen molar-refractivity contribution in [2.45, 2.75) is 0 Å². The fourth-order valence-corrected chi connectivity index (χ4v) is 1.57. The summed E-state index contributed by atoms with van der Waals surface area (Å²) in [6, 6.07) is 10.6. The van der Waals surface area contributed by atoms with E-state index in [1.54, 1.807) is 30.5 Å². The summed E-state index contributed by atoms with van der Waals surface area (Å²) in [5, 5.41) is 8.85. The number of aromatic nitrogens is 1. The number of halogens is 2. The Labute approximate surface area is 103 Å². The highest BCUT2D eigenvalue weighted by molar-refractivity contribution is 6.38. The molecule has 1 aromatic heterocycles. The molecule has 0 aliphatic rings. The second kappa shape index (κ2) is 5.05. The Bertz CT molecular complexity index is 492. The molecule has 1 aromatic carbocycles. The van der Waals surface area contributed by atoms with Gasteiger partial charge in [0, 0.05) is 6.20 Å². The molecule has 0 bridgehead atoms. The predicted molar refractivity (Wildman–Crippen MR) is 64.9 cm³/mol. The van der Waals surface area contributed by atoms with E-state index in [9.17, 15) is 0 Å². The summed E-state index contributed by atoms with van der Waals surface area (Å²) in [4.78, 5) is 4.01. The average Bonchev–Trinajstić information content (AvgIpc) is 2.30. The van der Waals surface area contributed by atoms with Crippen LogP contribution in [0.2, 0.25) is 10.0 Å². The van der Waals surface area contributed by atoms with Crippen LogP contribution in [0.25, 0.3) is 0 Å². The fraction of sp³-hybridized carbons (Fsp3) is 0. The van der Waals surface area contributed by atoms with E-state index < -0.39 is 0 Å². The number of nitrogens with zero attached hydrogens (tertiary/aromatic N) is 3. The zero-order valence-corrected chi connectivity index (χ0v) is 9.65. The maximum absolute atomic E-state index is 5.94. The van der Waals surface area contributed by atoms with Gasteiger partial charge in [-0.05, 0) is 24.3 Å². The van der Waals surface area contributed by atoms with Crippen LogP contribution in [0.4, 0.5) is 11.5 Å². The van der Waals surface area contributed by atoms with Gasteiger partial charge in [0.05, 0.1) is 10.0 Å². The van der Waals surface area contributed by atoms with Gasteiger partial charge in [-0.25, -0.2) is 4.98 Å². The molecule has 0 aliphatic carbocycles. The Morgan fingerprint density at radius 2 is 1.62 bits per heavy atom. The SMILES string of the molecule is Clc1cccc(Cl)c1N=Nc1ccccn1. The van der Waals surface area contributed by atoms with E-state index >= 15 is 0 Å². The summed E-state index contributed by atoms with van der Waals surface area (Å²) in [6.45, 7) is 0. The van der Waals surface area contributed by atoms with Crippen LogP contribution >= 0.6 is 23.2 Å². The van der Waals surface area contributed by atoms with Crippen molar-refractivity contribution in [1.29, 1.82) is 0 Å². The van der Waals surface area contributed by atoms with Gasteiger partial charge < -0.3 is 0 Å². The number of pyridine rings is 1. The summed E-state index contributed by atoms with van der Waals surface area (Å²) in [6.07, 6.45) is 1.64. The van der Waals surface area contributed by atoms with Crippen molar-refractivity contribution < 1.29 is 0 Å². The molecule has 0 aliphatic heterocycles. The molecule has 0 saturated carbocycles. The molecule has 3 nitrogen and oxygen atoms in total. The van der Waals surface area contributed by atoms with E-state index in [1.165, 1.54) is 0 Å². The Morgan fingerprint density at radius 1 is 0.875 bits per heavy atom. The number of rotatable bonds is 2. The first-order chi connectivity index (χ1) is 7.77. The smallest absolute Gasteiger partial charge is 0.174 e. The van der Waals surface area contributed by atoms with Crippen LogP contribution in [0.1, 0.15) is 0 Å². The first-order valence-corrected chi connectivity index (χ1v) is 5.30. The van der Waals surface area contributed by atoms with E-state index in [0.29, 0.717) is 21.6 Å². The van der Waals surface area contributed by atoms with Crippen LogP contribution in [0.3, 0.4) is 0 Å². The molecule has 2 rings (SSSR count). The summed E-state index contributed by atoms with van der Waals surface area (Å²) < 4.78 is 0. The number of azo groups is 1. The molecule has 0 radical (unpaired) electrons. The highest BCUT2D eigenvalue weighted by atomic mass is 35.5. The van der Waals surface area contributed by atoms with Crippen molar-refractivity contribution in [3.05, 3.63) is 52.6 Å². The van der Waals surface area contributed by atoms with E-state index in [1.807, 2.05) is 12.1 Å². The van der Waals surface area contributed by atoms with Crippen LogP contribution in [0.5, 0.6) is 0 Å². The molecule has 0 spiro atoms. The average molecular weight is 252 g/mol. The molecule has 0 amide bonds. The van der Waals surface area contributed by atoms with Crippen LogP contribution in [0, 0.1) is 0 Å². The van der Waals surface area contributed by atoms with Crippen molar-refractivity contribution in [2.24, 2.45) is 10.2 Å². The van der Waals surface area contributed by atoms with Gasteiger partial charge in [0.25, 0.3) is 0 Å². The standard InChI is InChI=1S/C11H7Cl2N3/c12-8-4-3-5-9(13)11(8)16-15-10-6-1-2-7-14-10/h1-7H. The van der Waals surface area contributed by atoms with E-state index in [-0.39, 0.29) is 0 Å². The second-order valence-corrected chi connectivity index (χ2v) is 3.77. The first-order valence-electron chi connectivity index (χ1n) is 4.54. The molecule has 0 fully saturated rings. The lowest BCUT2D eigenvalue weighted by Crippen LogP contribution is -1.72. The van der Waals surface area contributed by atoms with Gasteiger partial charge in [-0.1, -0.05) is 35.3 Å². The normalized spacial score (nSPS) is 10.9. The van der Waals surface area contributed by atoms with Crippen molar-refractivity contribution in [1.82, 2.24) is 4.98 Å². The van der Waals surface area contributed by atoms with Crippen molar-refractivity contribution in [3.8, 4) is 0 Å². The maximum Gasteiger partial charge on any atom is 0.174 e. The maximum atomic E-state index is 5.94. The molecule has 5 heteroatoms. The minimum atomic E-state index is 0.455. The Kier molecular flexibility index (Phi) is 3.49. The molecule has 1 heterocycles. The summed E-state index contributed by atoms with van der Waals surface area (Å²) >= 11 is 11.9. The fourth-order valence-electron chi connectivity index (χ4n) is 1.10. The van der Waals surface area contributed by atoms with E-state index in [2.05, 4.69) is 15.2 Å². The second-order valence-electron chi connectivity index (χ2n) is 2.96. The lowest BCUT2D eigenvalue weighted by molar-refractivity contribution is 1.15. The monoisotopic (exact) mass is 251 g/mol. The quantitative estimate of drug-likeness (QED) is 0.707. The Hall–Kier alpha value is -1.45. The van der Waals surface area contributed by atoms with Crippen LogP contribution < -0.4 is 0 Å². The van der Waals surface area contributed by atoms with Gasteiger partial charge in [0.1, 0.15) is 5.69 Å². The Morgan fingerprint density at radius 3 is 2.25 bits per heavy atom. The van der Waals surface area contributed by atoms with Crippen molar-refractivity contribution in [3.63, 3.8) is 0 Å². The van der Waals surface area contributed by atoms with Crippen LogP contribution in [-0.4, -0.2) is 4.98 Å². The zero-order valence-electron chi connectivity index (χ0n) is 8.14. The number of hydrogen-bond donors (Lipinski definition) is 0. The first kappa shape index (κ1) is 11.0. The van der Waals surface area contributed by atoms with Crippen molar-refractivity contribution >= 4 is 34.7 Å². The molecule has 0 N–H and O–H groups in total. The van der Waals surface area contributed by atoms with Crippen LogP contribution in [-0.2, 0) is 0 Å². The lowest BCUT2D eigenvalue weighted by atomic mass is 10.3. The summed E-state index contributed by atoms with van der Waals surface area (Å²) in [7, 11) is 0. The minimum absolute atomic E-state index is 0.455. The predicted octanol–water partition coefficient (Wildman–Crippen LogP) is 4.80. The summed E-state index contributed by atoms with van der Waals surface area (Å²) in [5.41, 5.74) is 0.455. The largest absolute Gasteiger partial charge is 0.236 e. The lowest BCUT2D eigenvalue weighted by Gasteiger charge is -1.98. The molecular formula is C11H7Cl2N3. The van der Waals surface area contributed by atoms with Gasteiger partial charge in [0.15, 0.2) is 5.82 Å².